The van der Waals surface area contributed by atoms with Crippen molar-refractivity contribution in [3.63, 3.8) is 0 Å². The third-order valence-electron chi connectivity index (χ3n) is 2.31. The van der Waals surface area contributed by atoms with Crippen LogP contribution in [-0.4, -0.2) is 11.6 Å². The fourth-order valence-electron chi connectivity index (χ4n) is 1.54. The monoisotopic (exact) mass is 304 g/mol. The van der Waals surface area contributed by atoms with Gasteiger partial charge in [-0.2, -0.15) is 8.78 Å². The quantitative estimate of drug-likeness (QED) is 0.884. The van der Waals surface area contributed by atoms with E-state index in [9.17, 15) is 8.78 Å². The first-order valence-corrected chi connectivity index (χ1v) is 6.73. The van der Waals surface area contributed by atoms with Crippen LogP contribution in [0.2, 0.25) is 5.02 Å². The summed E-state index contributed by atoms with van der Waals surface area (Å²) in [6, 6.07) is 4.56. The molecule has 0 aliphatic heterocycles. The SMILES string of the molecule is FC(F)Oc1ccc(Cl)cc1CNCc1nccs1. The van der Waals surface area contributed by atoms with E-state index >= 15 is 0 Å². The van der Waals surface area contributed by atoms with Crippen LogP contribution < -0.4 is 10.1 Å². The lowest BCUT2D eigenvalue weighted by atomic mass is 10.2. The Balaban J connectivity index is 1.99. The lowest BCUT2D eigenvalue weighted by Crippen LogP contribution is -2.14. The summed E-state index contributed by atoms with van der Waals surface area (Å²) >= 11 is 7.38. The van der Waals surface area contributed by atoms with E-state index in [0.717, 1.165) is 5.01 Å². The van der Waals surface area contributed by atoms with Crippen molar-refractivity contribution in [2.24, 2.45) is 0 Å². The molecule has 0 unspecified atom stereocenters. The number of hydrogen-bond acceptors (Lipinski definition) is 4. The molecule has 102 valence electrons. The number of alkyl halides is 2. The molecule has 2 aromatic rings. The molecular formula is C12H11ClF2N2OS. The van der Waals surface area contributed by atoms with Gasteiger partial charge >= 0.3 is 6.61 Å². The second-order valence-electron chi connectivity index (χ2n) is 3.66. The molecule has 0 atom stereocenters. The van der Waals surface area contributed by atoms with Gasteiger partial charge in [-0.1, -0.05) is 11.6 Å². The minimum atomic E-state index is -2.85. The van der Waals surface area contributed by atoms with Crippen LogP contribution in [0.4, 0.5) is 8.78 Å². The first-order valence-electron chi connectivity index (χ1n) is 5.47. The maximum absolute atomic E-state index is 12.3. The van der Waals surface area contributed by atoms with Gasteiger partial charge < -0.3 is 10.1 Å². The van der Waals surface area contributed by atoms with Crippen LogP contribution in [0.1, 0.15) is 10.6 Å². The normalized spacial score (nSPS) is 10.9. The second kappa shape index (κ2) is 6.79. The molecule has 1 N–H and O–H groups in total. The van der Waals surface area contributed by atoms with Gasteiger partial charge in [0.15, 0.2) is 0 Å². The van der Waals surface area contributed by atoms with Crippen LogP contribution in [0, 0.1) is 0 Å². The van der Waals surface area contributed by atoms with Crippen molar-refractivity contribution in [2.45, 2.75) is 19.7 Å². The molecule has 0 spiro atoms. The lowest BCUT2D eigenvalue weighted by molar-refractivity contribution is -0.0505. The summed E-state index contributed by atoms with van der Waals surface area (Å²) in [4.78, 5) is 4.11. The zero-order valence-corrected chi connectivity index (χ0v) is 11.3. The largest absolute Gasteiger partial charge is 0.434 e. The Bertz CT molecular complexity index is 522. The molecule has 1 heterocycles. The van der Waals surface area contributed by atoms with Gasteiger partial charge in [0.05, 0.1) is 0 Å². The lowest BCUT2D eigenvalue weighted by Gasteiger charge is -2.11. The van der Waals surface area contributed by atoms with E-state index in [1.165, 1.54) is 23.5 Å². The van der Waals surface area contributed by atoms with E-state index in [4.69, 9.17) is 11.6 Å². The summed E-state index contributed by atoms with van der Waals surface area (Å²) in [5.74, 6) is 0.131. The van der Waals surface area contributed by atoms with Gasteiger partial charge in [0.1, 0.15) is 10.8 Å². The number of rotatable bonds is 6. The van der Waals surface area contributed by atoms with Crippen molar-refractivity contribution in [1.82, 2.24) is 10.3 Å². The van der Waals surface area contributed by atoms with Crippen molar-refractivity contribution in [3.8, 4) is 5.75 Å². The highest BCUT2D eigenvalue weighted by Gasteiger charge is 2.10. The Kier molecular flexibility index (Phi) is 5.07. The van der Waals surface area contributed by atoms with Gasteiger partial charge in [0.25, 0.3) is 0 Å². The number of nitrogens with zero attached hydrogens (tertiary/aromatic N) is 1. The van der Waals surface area contributed by atoms with Gasteiger partial charge in [-0.15, -0.1) is 11.3 Å². The Morgan fingerprint density at radius 1 is 1.37 bits per heavy atom. The molecule has 0 aliphatic carbocycles. The molecular weight excluding hydrogens is 294 g/mol. The number of halogens is 3. The van der Waals surface area contributed by atoms with E-state index in [1.807, 2.05) is 5.38 Å². The molecule has 2 rings (SSSR count). The summed E-state index contributed by atoms with van der Waals surface area (Å²) in [5, 5.41) is 6.39. The molecule has 1 aromatic heterocycles. The fraction of sp³-hybridized carbons (Fsp3) is 0.250. The highest BCUT2D eigenvalue weighted by Crippen LogP contribution is 2.24. The Labute approximate surface area is 118 Å². The number of benzene rings is 1. The van der Waals surface area contributed by atoms with E-state index in [2.05, 4.69) is 15.0 Å². The molecule has 0 fully saturated rings. The Morgan fingerprint density at radius 3 is 2.89 bits per heavy atom. The first kappa shape index (κ1) is 14.2. The molecule has 0 saturated carbocycles. The highest BCUT2D eigenvalue weighted by molar-refractivity contribution is 7.09. The van der Waals surface area contributed by atoms with Crippen molar-refractivity contribution < 1.29 is 13.5 Å². The summed E-state index contributed by atoms with van der Waals surface area (Å²) in [6.45, 7) is -1.90. The van der Waals surface area contributed by atoms with Gasteiger partial charge in [0.2, 0.25) is 0 Å². The van der Waals surface area contributed by atoms with Crippen LogP contribution in [0.15, 0.2) is 29.8 Å². The summed E-state index contributed by atoms with van der Waals surface area (Å²) in [6.07, 6.45) is 1.71. The van der Waals surface area contributed by atoms with Gasteiger partial charge in [-0.05, 0) is 18.2 Å². The number of nitrogens with one attached hydrogen (secondary N) is 1. The van der Waals surface area contributed by atoms with Crippen LogP contribution in [-0.2, 0) is 13.1 Å². The average molecular weight is 305 g/mol. The highest BCUT2D eigenvalue weighted by atomic mass is 35.5. The van der Waals surface area contributed by atoms with Gasteiger partial charge in [-0.25, -0.2) is 4.98 Å². The third-order valence-corrected chi connectivity index (χ3v) is 3.33. The maximum atomic E-state index is 12.3. The van der Waals surface area contributed by atoms with Crippen LogP contribution >= 0.6 is 22.9 Å². The minimum absolute atomic E-state index is 0.131. The molecule has 0 radical (unpaired) electrons. The Hall–Kier alpha value is -1.24. The smallest absolute Gasteiger partial charge is 0.387 e. The molecule has 0 bridgehead atoms. The van der Waals surface area contributed by atoms with Crippen LogP contribution in [0.5, 0.6) is 5.75 Å². The molecule has 0 saturated heterocycles. The van der Waals surface area contributed by atoms with Gasteiger partial charge in [-0.3, -0.25) is 0 Å². The summed E-state index contributed by atoms with van der Waals surface area (Å²) in [7, 11) is 0. The topological polar surface area (TPSA) is 34.1 Å². The van der Waals surface area contributed by atoms with E-state index in [0.29, 0.717) is 23.7 Å². The first-order chi connectivity index (χ1) is 9.15. The number of hydrogen-bond donors (Lipinski definition) is 1. The summed E-state index contributed by atoms with van der Waals surface area (Å²) in [5.41, 5.74) is 0.587. The standard InChI is InChI=1S/C12H11ClF2N2OS/c13-9-1-2-10(18-12(14)15)8(5-9)6-16-7-11-17-3-4-19-11/h1-5,12,16H,6-7H2. The third kappa shape index (κ3) is 4.41. The minimum Gasteiger partial charge on any atom is -0.434 e. The number of aromatic nitrogens is 1. The van der Waals surface area contributed by atoms with E-state index < -0.39 is 6.61 Å². The molecule has 0 aliphatic rings. The maximum Gasteiger partial charge on any atom is 0.387 e. The fourth-order valence-corrected chi connectivity index (χ4v) is 2.32. The van der Waals surface area contributed by atoms with E-state index in [1.54, 1.807) is 12.3 Å². The predicted molar refractivity (Wildman–Crippen MR) is 70.7 cm³/mol. The van der Waals surface area contributed by atoms with Crippen molar-refractivity contribution in [2.75, 3.05) is 0 Å². The van der Waals surface area contributed by atoms with Gasteiger partial charge in [0, 0.05) is 35.3 Å². The van der Waals surface area contributed by atoms with Crippen LogP contribution in [0.3, 0.4) is 0 Å². The predicted octanol–water partition coefficient (Wildman–Crippen LogP) is 3.69. The van der Waals surface area contributed by atoms with E-state index in [-0.39, 0.29) is 5.75 Å². The Morgan fingerprint density at radius 2 is 2.21 bits per heavy atom. The van der Waals surface area contributed by atoms with Crippen molar-refractivity contribution >= 4 is 22.9 Å². The summed E-state index contributed by atoms with van der Waals surface area (Å²) < 4.78 is 29.0. The molecule has 7 heteroatoms. The number of thiazole rings is 1. The zero-order chi connectivity index (χ0) is 13.7. The molecule has 0 amide bonds. The zero-order valence-electron chi connectivity index (χ0n) is 9.78. The number of ether oxygens (including phenoxy) is 1. The van der Waals surface area contributed by atoms with Crippen molar-refractivity contribution in [1.29, 1.82) is 0 Å². The molecule has 19 heavy (non-hydrogen) atoms. The molecule has 1 aromatic carbocycles. The van der Waals surface area contributed by atoms with Crippen LogP contribution in [0.25, 0.3) is 0 Å². The van der Waals surface area contributed by atoms with Crippen molar-refractivity contribution in [3.05, 3.63) is 45.4 Å². The molecule has 3 nitrogen and oxygen atoms in total. The average Bonchev–Trinajstić information content (AvgIpc) is 2.85. The second-order valence-corrected chi connectivity index (χ2v) is 5.08.